The van der Waals surface area contributed by atoms with Gasteiger partial charge in [-0.25, -0.2) is 9.37 Å². The Morgan fingerprint density at radius 2 is 2.03 bits per heavy atom. The Balaban J connectivity index is 0.000000589. The molecule has 1 aromatic carbocycles. The number of H-pyrrole nitrogens is 1. The number of hydroxylamine groups is 1. The van der Waals surface area contributed by atoms with Gasteiger partial charge in [0.1, 0.15) is 17.0 Å². The minimum atomic E-state index is -0.946. The molecular weight excluding hydrogens is 438 g/mol. The zero-order valence-electron chi connectivity index (χ0n) is 16.4. The van der Waals surface area contributed by atoms with Gasteiger partial charge in [0.05, 0.1) is 22.9 Å². The van der Waals surface area contributed by atoms with Gasteiger partial charge in [0.15, 0.2) is 5.82 Å². The van der Waals surface area contributed by atoms with E-state index in [1.54, 1.807) is 28.9 Å². The molecule has 3 heterocycles. The van der Waals surface area contributed by atoms with Crippen molar-refractivity contribution in [3.63, 3.8) is 0 Å². The Bertz CT molecular complexity index is 1230. The molecule has 0 unspecified atom stereocenters. The molecule has 1 amide bonds. The first-order valence-electron chi connectivity index (χ1n) is 8.92. The Hall–Kier alpha value is -1.53. The minimum Gasteiger partial charge on any atom is -0.757 e. The van der Waals surface area contributed by atoms with Crippen molar-refractivity contribution in [3.8, 4) is 11.1 Å². The van der Waals surface area contributed by atoms with Crippen LogP contribution < -0.4 is 62.2 Å². The van der Waals surface area contributed by atoms with Gasteiger partial charge >= 0.3 is 51.4 Å². The number of pyridine rings is 1. The molecule has 4 aromatic rings. The minimum absolute atomic E-state index is 0. The number of rotatable bonds is 3. The number of benzene rings is 1. The number of nitrogens with one attached hydrogen (secondary N) is 1. The number of carbonyl (C=O) groups excluding carboxylic acids is 1. The van der Waals surface area contributed by atoms with E-state index in [4.69, 9.17) is 17.3 Å². The smallest absolute Gasteiger partial charge is 0.757 e. The van der Waals surface area contributed by atoms with E-state index in [1.165, 1.54) is 32.5 Å². The maximum atomic E-state index is 14.7. The molecule has 5 rings (SSSR count). The molecule has 0 spiro atoms. The molecule has 3 aromatic heterocycles. The van der Waals surface area contributed by atoms with Crippen LogP contribution in [0.25, 0.3) is 27.7 Å². The molecule has 0 atom stereocenters. The standard InChI is InChI=1S/C16H11ClFN6O2.C3H6.K/c1-23(26)10-6-24-5-7(2-3-9(24)21-10)11-8-4-20-22-15(8)12(16(19)25)14(18)13(11)17;1-2-3-1;/h2-6H,1H3,(H2,19,25)(H,20,22);1-3H2;/q-1;;+1. The molecule has 8 nitrogen and oxygen atoms in total. The number of anilines is 1. The summed E-state index contributed by atoms with van der Waals surface area (Å²) in [6.45, 7) is 0. The summed E-state index contributed by atoms with van der Waals surface area (Å²) in [5.74, 6) is -1.63. The summed E-state index contributed by atoms with van der Waals surface area (Å²) >= 11 is 6.21. The molecule has 11 heteroatoms. The molecule has 0 saturated heterocycles. The van der Waals surface area contributed by atoms with Crippen molar-refractivity contribution in [2.45, 2.75) is 19.3 Å². The number of aromatic nitrogens is 4. The molecular formula is C19H17ClFKN6O2. The van der Waals surface area contributed by atoms with Crippen LogP contribution in [0.4, 0.5) is 10.2 Å². The predicted octanol–water partition coefficient (Wildman–Crippen LogP) is 0.877. The second-order valence-corrected chi connectivity index (χ2v) is 7.12. The van der Waals surface area contributed by atoms with Crippen LogP contribution in [0.1, 0.15) is 29.6 Å². The van der Waals surface area contributed by atoms with E-state index >= 15 is 0 Å². The quantitative estimate of drug-likeness (QED) is 0.352. The molecule has 1 saturated carbocycles. The number of carbonyl (C=O) groups is 1. The number of hydrogen-bond donors (Lipinski definition) is 2. The third kappa shape index (κ3) is 4.40. The van der Waals surface area contributed by atoms with E-state index in [2.05, 4.69) is 15.2 Å². The molecule has 3 N–H and O–H groups in total. The fourth-order valence-corrected chi connectivity index (χ4v) is 3.21. The van der Waals surface area contributed by atoms with Crippen LogP contribution in [-0.4, -0.2) is 32.5 Å². The van der Waals surface area contributed by atoms with Crippen molar-refractivity contribution in [2.24, 2.45) is 5.73 Å². The maximum absolute atomic E-state index is 14.7. The molecule has 30 heavy (non-hydrogen) atoms. The predicted molar refractivity (Wildman–Crippen MR) is 109 cm³/mol. The molecule has 1 aliphatic rings. The summed E-state index contributed by atoms with van der Waals surface area (Å²) in [6.07, 6.45) is 9.14. The van der Waals surface area contributed by atoms with E-state index in [0.29, 0.717) is 27.2 Å². The van der Waals surface area contributed by atoms with Gasteiger partial charge in [0.25, 0.3) is 5.91 Å². The van der Waals surface area contributed by atoms with E-state index in [9.17, 15) is 14.4 Å². The van der Waals surface area contributed by atoms with Gasteiger partial charge in [-0.05, 0) is 19.2 Å². The number of halogens is 2. The second-order valence-electron chi connectivity index (χ2n) is 6.74. The van der Waals surface area contributed by atoms with Crippen molar-refractivity contribution >= 4 is 39.9 Å². The number of hydrogen-bond acceptors (Lipinski definition) is 5. The average molecular weight is 455 g/mol. The van der Waals surface area contributed by atoms with Crippen LogP contribution in [0, 0.1) is 11.0 Å². The summed E-state index contributed by atoms with van der Waals surface area (Å²) in [4.78, 5) is 15.8. The Labute approximate surface area is 218 Å². The van der Waals surface area contributed by atoms with Gasteiger partial charge in [-0.3, -0.25) is 9.89 Å². The van der Waals surface area contributed by atoms with Gasteiger partial charge < -0.3 is 20.4 Å². The topological polar surface area (TPSA) is 115 Å². The molecule has 0 radical (unpaired) electrons. The summed E-state index contributed by atoms with van der Waals surface area (Å²) < 4.78 is 16.3. The van der Waals surface area contributed by atoms with Crippen molar-refractivity contribution in [2.75, 3.05) is 12.1 Å². The Morgan fingerprint density at radius 3 is 2.63 bits per heavy atom. The van der Waals surface area contributed by atoms with Gasteiger partial charge in [-0.2, -0.15) is 5.10 Å². The number of primary amides is 1. The third-order valence-electron chi connectivity index (χ3n) is 4.44. The van der Waals surface area contributed by atoms with Crippen molar-refractivity contribution in [1.82, 2.24) is 19.6 Å². The van der Waals surface area contributed by atoms with Gasteiger partial charge in [-0.15, -0.1) is 0 Å². The van der Waals surface area contributed by atoms with E-state index in [1.807, 2.05) is 0 Å². The number of amides is 1. The number of fused-ring (bicyclic) bond motifs is 2. The molecule has 0 aliphatic heterocycles. The molecule has 150 valence electrons. The Morgan fingerprint density at radius 1 is 1.33 bits per heavy atom. The summed E-state index contributed by atoms with van der Waals surface area (Å²) in [6, 6.07) is 3.36. The van der Waals surface area contributed by atoms with Crippen LogP contribution in [0.2, 0.25) is 5.02 Å². The van der Waals surface area contributed by atoms with Crippen LogP contribution in [-0.2, 0) is 0 Å². The average Bonchev–Trinajstić information content (AvgIpc) is 3.38. The summed E-state index contributed by atoms with van der Waals surface area (Å²) in [5, 5.41) is 18.7. The molecule has 0 bridgehead atoms. The number of imidazole rings is 1. The number of nitrogens with zero attached hydrogens (tertiary/aromatic N) is 4. The van der Waals surface area contributed by atoms with Crippen molar-refractivity contribution in [1.29, 1.82) is 0 Å². The third-order valence-corrected chi connectivity index (χ3v) is 4.79. The van der Waals surface area contributed by atoms with E-state index in [0.717, 1.165) is 0 Å². The fourth-order valence-electron chi connectivity index (χ4n) is 2.91. The van der Waals surface area contributed by atoms with Crippen LogP contribution in [0.15, 0.2) is 30.7 Å². The number of nitrogens with two attached hydrogens (primary N) is 1. The van der Waals surface area contributed by atoms with E-state index in [-0.39, 0.29) is 73.3 Å². The molecule has 1 fully saturated rings. The number of aromatic amines is 1. The molecule has 1 aliphatic carbocycles. The van der Waals surface area contributed by atoms with Crippen LogP contribution >= 0.6 is 11.6 Å². The summed E-state index contributed by atoms with van der Waals surface area (Å²) in [7, 11) is 1.34. The second kappa shape index (κ2) is 9.31. The van der Waals surface area contributed by atoms with Gasteiger partial charge in [0, 0.05) is 22.7 Å². The van der Waals surface area contributed by atoms with Crippen molar-refractivity contribution in [3.05, 3.63) is 52.3 Å². The Kier molecular flexibility index (Phi) is 7.18. The van der Waals surface area contributed by atoms with Crippen molar-refractivity contribution < 1.29 is 60.6 Å². The van der Waals surface area contributed by atoms with Gasteiger partial charge in [0.2, 0.25) is 0 Å². The van der Waals surface area contributed by atoms with Crippen LogP contribution in [0.5, 0.6) is 0 Å². The first kappa shape index (κ1) is 23.1. The zero-order chi connectivity index (χ0) is 20.7. The first-order valence-corrected chi connectivity index (χ1v) is 9.30. The van der Waals surface area contributed by atoms with E-state index < -0.39 is 11.7 Å². The zero-order valence-corrected chi connectivity index (χ0v) is 20.3. The maximum Gasteiger partial charge on any atom is 1.00 e. The largest absolute Gasteiger partial charge is 1.00 e. The monoisotopic (exact) mass is 454 g/mol. The van der Waals surface area contributed by atoms with Crippen LogP contribution in [0.3, 0.4) is 0 Å². The van der Waals surface area contributed by atoms with Gasteiger partial charge in [-0.1, -0.05) is 30.9 Å². The fraction of sp³-hybridized carbons (Fsp3) is 0.211. The summed E-state index contributed by atoms with van der Waals surface area (Å²) in [5.41, 5.74) is 6.55. The first-order chi connectivity index (χ1) is 13.9. The normalized spacial score (nSPS) is 12.3. The SMILES string of the molecule is C1CC1.CN([O-])c1cn2cc(-c3c(Cl)c(F)c(C(N)=O)c4[nH]ncc34)ccc2n1.[K+].